The monoisotopic (exact) mass is 286 g/mol. The van der Waals surface area contributed by atoms with Gasteiger partial charge < -0.3 is 14.6 Å². The van der Waals surface area contributed by atoms with Crippen LogP contribution in [0.25, 0.3) is 0 Å². The summed E-state index contributed by atoms with van der Waals surface area (Å²) < 4.78 is 6.49. The van der Waals surface area contributed by atoms with E-state index in [0.717, 1.165) is 4.47 Å². The third kappa shape index (κ3) is 2.47. The second-order valence-electron chi connectivity index (χ2n) is 4.20. The van der Waals surface area contributed by atoms with Crippen LogP contribution in [0.5, 0.6) is 0 Å². The highest BCUT2D eigenvalue weighted by Gasteiger charge is 2.27. The highest BCUT2D eigenvalue weighted by atomic mass is 79.9. The van der Waals surface area contributed by atoms with Crippen LogP contribution in [-0.4, -0.2) is 41.1 Å². The molecule has 1 aliphatic heterocycles. The molecule has 0 saturated carbocycles. The lowest BCUT2D eigenvalue weighted by molar-refractivity contribution is -0.0587. The lowest BCUT2D eigenvalue weighted by Crippen LogP contribution is -2.48. The third-order valence-electron chi connectivity index (χ3n) is 2.59. The molecular weight excluding hydrogens is 272 g/mol. The zero-order valence-electron chi connectivity index (χ0n) is 9.37. The maximum absolute atomic E-state index is 12.1. The number of rotatable bonds is 1. The minimum absolute atomic E-state index is 0.0349. The van der Waals surface area contributed by atoms with Crippen LogP contribution in [-0.2, 0) is 4.74 Å². The number of hydrogen-bond acceptors (Lipinski definition) is 2. The van der Waals surface area contributed by atoms with Crippen LogP contribution in [0.15, 0.2) is 16.7 Å². The van der Waals surface area contributed by atoms with Crippen molar-refractivity contribution in [2.24, 2.45) is 0 Å². The number of morpholine rings is 1. The first kappa shape index (κ1) is 11.7. The standard InChI is InChI=1S/C11H15BrN2O2/c1-7-5-14(6-8(2)16-7)11(15)10-3-9(12)4-13-10/h3-4,7-8,13H,5-6H2,1-2H3/t7-,8+. The Labute approximate surface area is 103 Å². The molecule has 0 aliphatic carbocycles. The summed E-state index contributed by atoms with van der Waals surface area (Å²) in [5.74, 6) is 0.0349. The van der Waals surface area contributed by atoms with Crippen LogP contribution in [0.3, 0.4) is 0 Å². The highest BCUT2D eigenvalue weighted by molar-refractivity contribution is 9.10. The molecule has 1 aromatic heterocycles. The Morgan fingerprint density at radius 1 is 1.50 bits per heavy atom. The van der Waals surface area contributed by atoms with E-state index in [1.54, 1.807) is 12.3 Å². The van der Waals surface area contributed by atoms with E-state index in [-0.39, 0.29) is 18.1 Å². The van der Waals surface area contributed by atoms with E-state index in [1.165, 1.54) is 0 Å². The predicted octanol–water partition coefficient (Wildman–Crippen LogP) is 2.03. The van der Waals surface area contributed by atoms with Crippen LogP contribution < -0.4 is 0 Å². The summed E-state index contributed by atoms with van der Waals surface area (Å²) in [6.07, 6.45) is 1.97. The number of halogens is 1. The minimum atomic E-state index is 0.0349. The van der Waals surface area contributed by atoms with E-state index in [1.807, 2.05) is 18.7 Å². The Hall–Kier alpha value is -0.810. The Kier molecular flexibility index (Phi) is 3.35. The molecule has 4 nitrogen and oxygen atoms in total. The molecule has 0 bridgehead atoms. The molecule has 2 atom stereocenters. The van der Waals surface area contributed by atoms with Crippen molar-refractivity contribution < 1.29 is 9.53 Å². The SMILES string of the molecule is C[C@@H]1CN(C(=O)c2cc(Br)c[nH]2)C[C@H](C)O1. The van der Waals surface area contributed by atoms with Gasteiger partial charge in [0.1, 0.15) is 5.69 Å². The minimum Gasteiger partial charge on any atom is -0.372 e. The van der Waals surface area contributed by atoms with Crippen molar-refractivity contribution in [1.82, 2.24) is 9.88 Å². The molecule has 0 spiro atoms. The van der Waals surface area contributed by atoms with Gasteiger partial charge in [0.25, 0.3) is 5.91 Å². The molecule has 1 amide bonds. The van der Waals surface area contributed by atoms with Crippen LogP contribution >= 0.6 is 15.9 Å². The zero-order valence-corrected chi connectivity index (χ0v) is 11.0. The Balaban J connectivity index is 2.09. The summed E-state index contributed by atoms with van der Waals surface area (Å²) in [4.78, 5) is 16.9. The van der Waals surface area contributed by atoms with Gasteiger partial charge in [-0.05, 0) is 35.8 Å². The molecule has 2 heterocycles. The molecule has 1 aliphatic rings. The topological polar surface area (TPSA) is 45.3 Å². The fourth-order valence-corrected chi connectivity index (χ4v) is 2.35. The van der Waals surface area contributed by atoms with Crippen molar-refractivity contribution in [3.8, 4) is 0 Å². The molecule has 0 radical (unpaired) electrons. The van der Waals surface area contributed by atoms with Gasteiger partial charge in [0.05, 0.1) is 12.2 Å². The van der Waals surface area contributed by atoms with Crippen LogP contribution in [0, 0.1) is 0 Å². The number of amides is 1. The van der Waals surface area contributed by atoms with Crippen molar-refractivity contribution in [3.63, 3.8) is 0 Å². The number of aromatic nitrogens is 1. The molecule has 0 unspecified atom stereocenters. The number of ether oxygens (including phenoxy) is 1. The first-order valence-corrected chi connectivity index (χ1v) is 6.14. The van der Waals surface area contributed by atoms with Crippen molar-refractivity contribution in [1.29, 1.82) is 0 Å². The van der Waals surface area contributed by atoms with Gasteiger partial charge in [0.2, 0.25) is 0 Å². The first-order valence-electron chi connectivity index (χ1n) is 5.35. The van der Waals surface area contributed by atoms with Crippen molar-refractivity contribution in [3.05, 3.63) is 22.4 Å². The summed E-state index contributed by atoms with van der Waals surface area (Å²) in [6.45, 7) is 5.28. The van der Waals surface area contributed by atoms with Gasteiger partial charge in [-0.1, -0.05) is 0 Å². The predicted molar refractivity (Wildman–Crippen MR) is 64.4 cm³/mol. The van der Waals surface area contributed by atoms with Crippen LogP contribution in [0.2, 0.25) is 0 Å². The molecule has 16 heavy (non-hydrogen) atoms. The average molecular weight is 287 g/mol. The molecule has 1 aromatic rings. The van der Waals surface area contributed by atoms with Crippen LogP contribution in [0.1, 0.15) is 24.3 Å². The van der Waals surface area contributed by atoms with Gasteiger partial charge in [-0.3, -0.25) is 4.79 Å². The number of aromatic amines is 1. The zero-order chi connectivity index (χ0) is 11.7. The van der Waals surface area contributed by atoms with Gasteiger partial charge in [-0.25, -0.2) is 0 Å². The molecular formula is C11H15BrN2O2. The number of nitrogens with one attached hydrogen (secondary N) is 1. The van der Waals surface area contributed by atoms with E-state index < -0.39 is 0 Å². The third-order valence-corrected chi connectivity index (χ3v) is 3.04. The fourth-order valence-electron chi connectivity index (χ4n) is 2.01. The van der Waals surface area contributed by atoms with Crippen molar-refractivity contribution >= 4 is 21.8 Å². The largest absolute Gasteiger partial charge is 0.372 e. The smallest absolute Gasteiger partial charge is 0.270 e. The second kappa shape index (κ2) is 4.59. The Morgan fingerprint density at radius 2 is 2.12 bits per heavy atom. The molecule has 1 saturated heterocycles. The van der Waals surface area contributed by atoms with Crippen molar-refractivity contribution in [2.45, 2.75) is 26.1 Å². The molecule has 88 valence electrons. The molecule has 1 fully saturated rings. The summed E-state index contributed by atoms with van der Waals surface area (Å²) in [6, 6.07) is 1.80. The summed E-state index contributed by atoms with van der Waals surface area (Å²) in [7, 11) is 0. The second-order valence-corrected chi connectivity index (χ2v) is 5.11. The van der Waals surface area contributed by atoms with Gasteiger partial charge >= 0.3 is 0 Å². The van der Waals surface area contributed by atoms with Gasteiger partial charge in [0, 0.05) is 23.8 Å². The number of hydrogen-bond donors (Lipinski definition) is 1. The van der Waals surface area contributed by atoms with E-state index in [0.29, 0.717) is 18.8 Å². The van der Waals surface area contributed by atoms with E-state index >= 15 is 0 Å². The van der Waals surface area contributed by atoms with E-state index in [2.05, 4.69) is 20.9 Å². The van der Waals surface area contributed by atoms with Gasteiger partial charge in [-0.15, -0.1) is 0 Å². The number of H-pyrrole nitrogens is 1. The maximum atomic E-state index is 12.1. The van der Waals surface area contributed by atoms with Gasteiger partial charge in [-0.2, -0.15) is 0 Å². The summed E-state index contributed by atoms with van der Waals surface area (Å²) >= 11 is 3.32. The molecule has 2 rings (SSSR count). The number of nitrogens with zero attached hydrogens (tertiary/aromatic N) is 1. The quantitative estimate of drug-likeness (QED) is 0.859. The Bertz CT molecular complexity index is 381. The average Bonchev–Trinajstić information content (AvgIpc) is 2.62. The summed E-state index contributed by atoms with van der Waals surface area (Å²) in [5.41, 5.74) is 0.619. The molecule has 5 heteroatoms. The summed E-state index contributed by atoms with van der Waals surface area (Å²) in [5, 5.41) is 0. The normalized spacial score (nSPS) is 25.8. The fraction of sp³-hybridized carbons (Fsp3) is 0.545. The lowest BCUT2D eigenvalue weighted by Gasteiger charge is -2.35. The molecule has 1 N–H and O–H groups in total. The van der Waals surface area contributed by atoms with E-state index in [9.17, 15) is 4.79 Å². The molecule has 0 aromatic carbocycles. The van der Waals surface area contributed by atoms with Crippen LogP contribution in [0.4, 0.5) is 0 Å². The maximum Gasteiger partial charge on any atom is 0.270 e. The Morgan fingerprint density at radius 3 is 2.62 bits per heavy atom. The van der Waals surface area contributed by atoms with Gasteiger partial charge in [0.15, 0.2) is 0 Å². The number of carbonyl (C=O) groups excluding carboxylic acids is 1. The number of carbonyl (C=O) groups is 1. The highest BCUT2D eigenvalue weighted by Crippen LogP contribution is 2.16. The van der Waals surface area contributed by atoms with Crippen molar-refractivity contribution in [2.75, 3.05) is 13.1 Å². The first-order chi connectivity index (χ1) is 7.56. The lowest BCUT2D eigenvalue weighted by atomic mass is 10.2. The van der Waals surface area contributed by atoms with E-state index in [4.69, 9.17) is 4.74 Å².